The molecule has 0 fully saturated rings. The van der Waals surface area contributed by atoms with Crippen molar-refractivity contribution in [3.8, 4) is 0 Å². The monoisotopic (exact) mass is 449 g/mol. The largest absolute Gasteiger partial charge is 0.478 e. The second-order valence-electron chi connectivity index (χ2n) is 7.20. The first-order valence-electron chi connectivity index (χ1n) is 9.22. The van der Waals surface area contributed by atoms with Gasteiger partial charge >= 0.3 is 5.97 Å². The molecule has 0 aliphatic carbocycles. The van der Waals surface area contributed by atoms with Gasteiger partial charge in [-0.05, 0) is 41.8 Å². The Morgan fingerprint density at radius 1 is 0.967 bits per heavy atom. The van der Waals surface area contributed by atoms with Crippen LogP contribution in [0, 0.1) is 5.92 Å². The van der Waals surface area contributed by atoms with Crippen LogP contribution in [0.2, 0.25) is 10.0 Å². The van der Waals surface area contributed by atoms with Crippen molar-refractivity contribution in [2.75, 3.05) is 4.90 Å². The summed E-state index contributed by atoms with van der Waals surface area (Å²) in [5.74, 6) is -3.15. The predicted molar refractivity (Wildman–Crippen MR) is 115 cm³/mol. The number of carboxylic acids is 1. The highest BCUT2D eigenvalue weighted by atomic mass is 35.5. The van der Waals surface area contributed by atoms with Crippen molar-refractivity contribution in [1.29, 1.82) is 0 Å². The van der Waals surface area contributed by atoms with Crippen LogP contribution in [0.3, 0.4) is 0 Å². The van der Waals surface area contributed by atoms with Gasteiger partial charge in [0.05, 0.1) is 28.6 Å². The Morgan fingerprint density at radius 3 is 2.27 bits per heavy atom. The first-order chi connectivity index (χ1) is 14.1. The van der Waals surface area contributed by atoms with Crippen molar-refractivity contribution in [1.82, 2.24) is 0 Å². The number of rotatable bonds is 9. The molecule has 0 radical (unpaired) electrons. The van der Waals surface area contributed by atoms with Crippen LogP contribution in [0.5, 0.6) is 0 Å². The lowest BCUT2D eigenvalue weighted by Crippen LogP contribution is -2.34. The lowest BCUT2D eigenvalue weighted by molar-refractivity contribution is -0.139. The molecule has 1 N–H and O–H groups in total. The number of amides is 1. The summed E-state index contributed by atoms with van der Waals surface area (Å²) in [4.78, 5) is 49.7. The zero-order valence-electron chi connectivity index (χ0n) is 16.5. The van der Waals surface area contributed by atoms with E-state index in [1.807, 2.05) is 0 Å². The lowest BCUT2D eigenvalue weighted by atomic mass is 10.0. The molecule has 158 valence electrons. The number of aromatic carboxylic acids is 1. The topological polar surface area (TPSA) is 91.8 Å². The van der Waals surface area contributed by atoms with E-state index < -0.39 is 29.9 Å². The molecule has 0 spiro atoms. The van der Waals surface area contributed by atoms with E-state index in [-0.39, 0.29) is 30.1 Å². The SMILES string of the molecule is CC(C)CC(=O)C(=O)CC(=O)N(Cc1ccc(Cl)c(Cl)c1)c1cccc(C(=O)O)c1. The molecule has 0 aliphatic heterocycles. The van der Waals surface area contributed by atoms with Gasteiger partial charge in [0.1, 0.15) is 0 Å². The van der Waals surface area contributed by atoms with E-state index in [4.69, 9.17) is 23.2 Å². The van der Waals surface area contributed by atoms with Crippen LogP contribution < -0.4 is 4.90 Å². The molecule has 0 aromatic heterocycles. The van der Waals surface area contributed by atoms with Crippen LogP contribution in [0.25, 0.3) is 0 Å². The van der Waals surface area contributed by atoms with E-state index in [0.29, 0.717) is 15.6 Å². The fourth-order valence-electron chi connectivity index (χ4n) is 2.77. The summed E-state index contributed by atoms with van der Waals surface area (Å²) in [6.45, 7) is 3.63. The highest BCUT2D eigenvalue weighted by Gasteiger charge is 2.24. The van der Waals surface area contributed by atoms with Gasteiger partial charge in [-0.25, -0.2) is 4.79 Å². The molecule has 8 heteroatoms. The number of benzene rings is 2. The zero-order chi connectivity index (χ0) is 22.4. The number of anilines is 1. The summed E-state index contributed by atoms with van der Waals surface area (Å²) in [5, 5.41) is 9.90. The number of hydrogen-bond donors (Lipinski definition) is 1. The number of carbonyl (C=O) groups is 4. The maximum atomic E-state index is 12.9. The second kappa shape index (κ2) is 10.4. The smallest absolute Gasteiger partial charge is 0.335 e. The van der Waals surface area contributed by atoms with E-state index in [1.165, 1.54) is 23.1 Å². The van der Waals surface area contributed by atoms with Gasteiger partial charge in [-0.15, -0.1) is 0 Å². The number of halogens is 2. The minimum absolute atomic E-state index is 0.00360. The predicted octanol–water partition coefficient (Wildman–Crippen LogP) is 4.80. The quantitative estimate of drug-likeness (QED) is 0.438. The molecular weight excluding hydrogens is 429 g/mol. The average molecular weight is 450 g/mol. The molecule has 2 rings (SSSR count). The van der Waals surface area contributed by atoms with Crippen molar-refractivity contribution in [3.63, 3.8) is 0 Å². The summed E-state index contributed by atoms with van der Waals surface area (Å²) < 4.78 is 0. The van der Waals surface area contributed by atoms with Crippen molar-refractivity contribution >= 4 is 52.3 Å². The Morgan fingerprint density at radius 2 is 1.67 bits per heavy atom. The van der Waals surface area contributed by atoms with Gasteiger partial charge in [0, 0.05) is 12.1 Å². The van der Waals surface area contributed by atoms with E-state index in [0.717, 1.165) is 0 Å². The standard InChI is InChI=1S/C22H21Cl2NO5/c1-13(2)8-19(26)20(27)11-21(28)25(12-14-6-7-17(23)18(24)9-14)16-5-3-4-15(10-16)22(29)30/h3-7,9-10,13H,8,11-12H2,1-2H3,(H,29,30). The Bertz CT molecular complexity index is 987. The van der Waals surface area contributed by atoms with Crippen LogP contribution in [-0.2, 0) is 20.9 Å². The molecular formula is C22H21Cl2NO5. The van der Waals surface area contributed by atoms with Crippen LogP contribution in [0.15, 0.2) is 42.5 Å². The summed E-state index contributed by atoms with van der Waals surface area (Å²) in [7, 11) is 0. The van der Waals surface area contributed by atoms with Gasteiger partial charge in [-0.2, -0.15) is 0 Å². The van der Waals surface area contributed by atoms with E-state index >= 15 is 0 Å². The Hall–Kier alpha value is -2.70. The van der Waals surface area contributed by atoms with E-state index in [2.05, 4.69) is 0 Å². The van der Waals surface area contributed by atoms with Gasteiger partial charge in [-0.1, -0.05) is 49.2 Å². The highest BCUT2D eigenvalue weighted by molar-refractivity contribution is 6.42. The number of hydrogen-bond acceptors (Lipinski definition) is 4. The van der Waals surface area contributed by atoms with Gasteiger partial charge < -0.3 is 10.0 Å². The zero-order valence-corrected chi connectivity index (χ0v) is 18.0. The Labute approximate surface area is 184 Å². The second-order valence-corrected chi connectivity index (χ2v) is 8.02. The first-order valence-corrected chi connectivity index (χ1v) is 9.97. The molecule has 2 aromatic carbocycles. The van der Waals surface area contributed by atoms with Crippen LogP contribution >= 0.6 is 23.2 Å². The van der Waals surface area contributed by atoms with E-state index in [9.17, 15) is 24.3 Å². The van der Waals surface area contributed by atoms with Gasteiger partial charge in [0.15, 0.2) is 5.78 Å². The Kier molecular flexibility index (Phi) is 8.15. The minimum Gasteiger partial charge on any atom is -0.478 e. The molecule has 0 heterocycles. The normalized spacial score (nSPS) is 10.7. The molecule has 0 unspecified atom stereocenters. The molecule has 0 aliphatic rings. The third-order valence-electron chi connectivity index (χ3n) is 4.25. The van der Waals surface area contributed by atoms with Crippen molar-refractivity contribution in [3.05, 3.63) is 63.6 Å². The summed E-state index contributed by atoms with van der Waals surface area (Å²) in [6, 6.07) is 10.6. The molecule has 1 amide bonds. The van der Waals surface area contributed by atoms with Crippen molar-refractivity contribution < 1.29 is 24.3 Å². The summed E-state index contributed by atoms with van der Waals surface area (Å²) in [6.07, 6.45) is -0.544. The number of carboxylic acid groups (broad SMARTS) is 1. The highest BCUT2D eigenvalue weighted by Crippen LogP contribution is 2.26. The summed E-state index contributed by atoms with van der Waals surface area (Å²) in [5.41, 5.74) is 0.899. The van der Waals surface area contributed by atoms with Gasteiger partial charge in [0.25, 0.3) is 0 Å². The third-order valence-corrected chi connectivity index (χ3v) is 4.99. The van der Waals surface area contributed by atoms with Gasteiger partial charge in [0.2, 0.25) is 11.7 Å². The van der Waals surface area contributed by atoms with Crippen LogP contribution in [-0.4, -0.2) is 28.5 Å². The number of carbonyl (C=O) groups excluding carboxylic acids is 3. The van der Waals surface area contributed by atoms with E-state index in [1.54, 1.807) is 38.1 Å². The minimum atomic E-state index is -1.15. The summed E-state index contributed by atoms with van der Waals surface area (Å²) >= 11 is 12.0. The van der Waals surface area contributed by atoms with Crippen molar-refractivity contribution in [2.24, 2.45) is 5.92 Å². The fraction of sp³-hybridized carbons (Fsp3) is 0.273. The van der Waals surface area contributed by atoms with Crippen molar-refractivity contribution in [2.45, 2.75) is 33.2 Å². The molecule has 0 saturated heterocycles. The maximum Gasteiger partial charge on any atom is 0.335 e. The fourth-order valence-corrected chi connectivity index (χ4v) is 3.09. The Balaban J connectivity index is 2.35. The number of Topliss-reactive ketones (excluding diaryl/α,β-unsaturated/α-hetero) is 2. The third kappa shape index (κ3) is 6.40. The first kappa shape index (κ1) is 23.6. The maximum absolute atomic E-state index is 12.9. The number of ketones is 2. The molecule has 0 saturated carbocycles. The van der Waals surface area contributed by atoms with Gasteiger partial charge in [-0.3, -0.25) is 14.4 Å². The average Bonchev–Trinajstić information content (AvgIpc) is 2.68. The van der Waals surface area contributed by atoms with Crippen LogP contribution in [0.4, 0.5) is 5.69 Å². The molecule has 30 heavy (non-hydrogen) atoms. The molecule has 2 aromatic rings. The molecule has 0 atom stereocenters. The lowest BCUT2D eigenvalue weighted by Gasteiger charge is -2.23. The molecule has 6 nitrogen and oxygen atoms in total. The number of nitrogens with zero attached hydrogens (tertiary/aromatic N) is 1. The molecule has 0 bridgehead atoms. The van der Waals surface area contributed by atoms with Crippen LogP contribution in [0.1, 0.15) is 42.6 Å².